The first-order valence-electron chi connectivity index (χ1n) is 6.40. The van der Waals surface area contributed by atoms with Crippen LogP contribution >= 0.6 is 11.3 Å². The van der Waals surface area contributed by atoms with Gasteiger partial charge in [0, 0.05) is 5.56 Å². The Hall–Kier alpha value is -2.47. The first kappa shape index (κ1) is 13.5. The predicted molar refractivity (Wildman–Crippen MR) is 78.8 cm³/mol. The number of piperazine rings is 1. The molecule has 1 aliphatic heterocycles. The quantitative estimate of drug-likeness (QED) is 0.855. The SMILES string of the molecule is O=C1CN(C(=O)c2sccc2-c2ccccc2)CC(=O)N1. The van der Waals surface area contributed by atoms with Gasteiger partial charge in [-0.05, 0) is 17.0 Å². The fraction of sp³-hybridized carbons (Fsp3) is 0.133. The molecule has 0 aliphatic carbocycles. The predicted octanol–water partition coefficient (Wildman–Crippen LogP) is 1.51. The van der Waals surface area contributed by atoms with Crippen molar-refractivity contribution in [2.75, 3.05) is 13.1 Å². The van der Waals surface area contributed by atoms with Crippen LogP contribution in [0.25, 0.3) is 11.1 Å². The standard InChI is InChI=1S/C15H12N2O3S/c18-12-8-17(9-13(19)16-12)15(20)14-11(6-7-21-14)10-4-2-1-3-5-10/h1-7H,8-9H2,(H,16,18,19). The summed E-state index contributed by atoms with van der Waals surface area (Å²) in [5, 5.41) is 4.02. The van der Waals surface area contributed by atoms with Gasteiger partial charge in [0.1, 0.15) is 13.1 Å². The number of nitrogens with one attached hydrogen (secondary N) is 1. The van der Waals surface area contributed by atoms with E-state index in [4.69, 9.17) is 0 Å². The molecular weight excluding hydrogens is 288 g/mol. The van der Waals surface area contributed by atoms with Crippen LogP contribution in [0, 0.1) is 0 Å². The summed E-state index contributed by atoms with van der Waals surface area (Å²) in [5.74, 6) is -1.18. The van der Waals surface area contributed by atoms with E-state index in [1.54, 1.807) is 0 Å². The van der Waals surface area contributed by atoms with E-state index < -0.39 is 11.8 Å². The highest BCUT2D eigenvalue weighted by atomic mass is 32.1. The Morgan fingerprint density at radius 2 is 1.71 bits per heavy atom. The number of nitrogens with zero attached hydrogens (tertiary/aromatic N) is 1. The second-order valence-electron chi connectivity index (χ2n) is 4.66. The van der Waals surface area contributed by atoms with E-state index in [-0.39, 0.29) is 19.0 Å². The van der Waals surface area contributed by atoms with Crippen LogP contribution in [0.5, 0.6) is 0 Å². The van der Waals surface area contributed by atoms with Crippen molar-refractivity contribution >= 4 is 29.1 Å². The van der Waals surface area contributed by atoms with E-state index in [0.29, 0.717) is 4.88 Å². The van der Waals surface area contributed by atoms with Crippen LogP contribution in [-0.4, -0.2) is 35.7 Å². The summed E-state index contributed by atoms with van der Waals surface area (Å²) in [4.78, 5) is 37.2. The van der Waals surface area contributed by atoms with E-state index >= 15 is 0 Å². The molecule has 1 aromatic carbocycles. The molecule has 21 heavy (non-hydrogen) atoms. The lowest BCUT2D eigenvalue weighted by atomic mass is 10.1. The molecular formula is C15H12N2O3S. The number of imide groups is 1. The van der Waals surface area contributed by atoms with Crippen LogP contribution in [-0.2, 0) is 9.59 Å². The van der Waals surface area contributed by atoms with Crippen molar-refractivity contribution in [1.29, 1.82) is 0 Å². The minimum absolute atomic E-state index is 0.0866. The maximum atomic E-state index is 12.6. The van der Waals surface area contributed by atoms with Gasteiger partial charge >= 0.3 is 0 Å². The molecule has 2 heterocycles. The van der Waals surface area contributed by atoms with Gasteiger partial charge in [-0.1, -0.05) is 30.3 Å². The second-order valence-corrected chi connectivity index (χ2v) is 5.58. The van der Waals surface area contributed by atoms with Gasteiger partial charge in [-0.15, -0.1) is 11.3 Å². The average Bonchev–Trinajstić information content (AvgIpc) is 2.95. The first-order chi connectivity index (χ1) is 10.1. The lowest BCUT2D eigenvalue weighted by molar-refractivity contribution is -0.135. The number of benzene rings is 1. The van der Waals surface area contributed by atoms with Crippen molar-refractivity contribution in [3.63, 3.8) is 0 Å². The molecule has 0 unspecified atom stereocenters. The van der Waals surface area contributed by atoms with Gasteiger partial charge in [-0.3, -0.25) is 19.7 Å². The van der Waals surface area contributed by atoms with Crippen LogP contribution in [0.3, 0.4) is 0 Å². The fourth-order valence-corrected chi connectivity index (χ4v) is 3.13. The summed E-state index contributed by atoms with van der Waals surface area (Å²) in [6, 6.07) is 11.4. The highest BCUT2D eigenvalue weighted by Crippen LogP contribution is 2.29. The Labute approximate surface area is 125 Å². The number of hydrogen-bond donors (Lipinski definition) is 1. The van der Waals surface area contributed by atoms with Gasteiger partial charge in [-0.25, -0.2) is 0 Å². The lowest BCUT2D eigenvalue weighted by Gasteiger charge is -2.25. The number of rotatable bonds is 2. The van der Waals surface area contributed by atoms with E-state index in [9.17, 15) is 14.4 Å². The molecule has 1 N–H and O–H groups in total. The van der Waals surface area contributed by atoms with Gasteiger partial charge in [0.15, 0.2) is 0 Å². The fourth-order valence-electron chi connectivity index (χ4n) is 2.24. The Morgan fingerprint density at radius 3 is 2.38 bits per heavy atom. The Balaban J connectivity index is 1.91. The van der Waals surface area contributed by atoms with Gasteiger partial charge in [0.25, 0.3) is 5.91 Å². The molecule has 0 radical (unpaired) electrons. The molecule has 0 spiro atoms. The van der Waals surface area contributed by atoms with Gasteiger partial charge in [-0.2, -0.15) is 0 Å². The molecule has 1 fully saturated rings. The smallest absolute Gasteiger partial charge is 0.265 e. The molecule has 3 amide bonds. The third-order valence-electron chi connectivity index (χ3n) is 3.18. The molecule has 0 bridgehead atoms. The summed E-state index contributed by atoms with van der Waals surface area (Å²) in [7, 11) is 0. The molecule has 1 saturated heterocycles. The summed E-state index contributed by atoms with van der Waals surface area (Å²) >= 11 is 1.31. The van der Waals surface area contributed by atoms with Crippen molar-refractivity contribution in [2.45, 2.75) is 0 Å². The molecule has 1 aromatic heterocycles. The number of thiophene rings is 1. The van der Waals surface area contributed by atoms with Crippen molar-refractivity contribution < 1.29 is 14.4 Å². The molecule has 1 aliphatic rings. The van der Waals surface area contributed by atoms with Crippen molar-refractivity contribution in [3.8, 4) is 11.1 Å². The maximum absolute atomic E-state index is 12.6. The molecule has 0 saturated carbocycles. The minimum Gasteiger partial charge on any atom is -0.319 e. The van der Waals surface area contributed by atoms with Crippen LogP contribution in [0.4, 0.5) is 0 Å². The molecule has 106 valence electrons. The summed E-state index contributed by atoms with van der Waals surface area (Å²) < 4.78 is 0. The van der Waals surface area contributed by atoms with E-state index in [2.05, 4.69) is 5.32 Å². The Bertz CT molecular complexity index is 693. The zero-order valence-electron chi connectivity index (χ0n) is 11.0. The average molecular weight is 300 g/mol. The second kappa shape index (κ2) is 5.49. The molecule has 5 nitrogen and oxygen atoms in total. The largest absolute Gasteiger partial charge is 0.319 e. The summed E-state index contributed by atoms with van der Waals surface area (Å²) in [5.41, 5.74) is 1.76. The number of carbonyl (C=O) groups excluding carboxylic acids is 3. The van der Waals surface area contributed by atoms with Crippen molar-refractivity contribution in [2.24, 2.45) is 0 Å². The first-order valence-corrected chi connectivity index (χ1v) is 7.28. The molecule has 2 aromatic rings. The summed E-state index contributed by atoms with van der Waals surface area (Å²) in [6.07, 6.45) is 0. The number of carbonyl (C=O) groups is 3. The van der Waals surface area contributed by atoms with Crippen LogP contribution in [0.2, 0.25) is 0 Å². The van der Waals surface area contributed by atoms with Crippen LogP contribution in [0.1, 0.15) is 9.67 Å². The number of amides is 3. The normalized spacial score (nSPS) is 15.0. The van der Waals surface area contributed by atoms with Crippen LogP contribution < -0.4 is 5.32 Å². The zero-order chi connectivity index (χ0) is 14.8. The Morgan fingerprint density at radius 1 is 1.05 bits per heavy atom. The van der Waals surface area contributed by atoms with Gasteiger partial charge in [0.05, 0.1) is 4.88 Å². The van der Waals surface area contributed by atoms with Crippen molar-refractivity contribution in [3.05, 3.63) is 46.7 Å². The minimum atomic E-state index is -0.447. The van der Waals surface area contributed by atoms with E-state index in [1.165, 1.54) is 16.2 Å². The maximum Gasteiger partial charge on any atom is 0.265 e. The molecule has 6 heteroatoms. The lowest BCUT2D eigenvalue weighted by Crippen LogP contribution is -2.53. The van der Waals surface area contributed by atoms with Crippen LogP contribution in [0.15, 0.2) is 41.8 Å². The van der Waals surface area contributed by atoms with E-state index in [0.717, 1.165) is 11.1 Å². The topological polar surface area (TPSA) is 66.5 Å². The van der Waals surface area contributed by atoms with Gasteiger partial charge in [0.2, 0.25) is 11.8 Å². The summed E-state index contributed by atoms with van der Waals surface area (Å²) in [6.45, 7) is -0.173. The number of hydrogen-bond acceptors (Lipinski definition) is 4. The van der Waals surface area contributed by atoms with Crippen molar-refractivity contribution in [1.82, 2.24) is 10.2 Å². The highest BCUT2D eigenvalue weighted by molar-refractivity contribution is 7.12. The third-order valence-corrected chi connectivity index (χ3v) is 4.08. The monoisotopic (exact) mass is 300 g/mol. The highest BCUT2D eigenvalue weighted by Gasteiger charge is 2.29. The van der Waals surface area contributed by atoms with Gasteiger partial charge < -0.3 is 4.90 Å². The van der Waals surface area contributed by atoms with E-state index in [1.807, 2.05) is 41.8 Å². The zero-order valence-corrected chi connectivity index (χ0v) is 11.9. The Kier molecular flexibility index (Phi) is 3.53. The molecule has 3 rings (SSSR count). The third kappa shape index (κ3) is 2.71. The molecule has 0 atom stereocenters.